The second-order valence-corrected chi connectivity index (χ2v) is 7.05. The number of nitrogens with one attached hydrogen (secondary N) is 1. The number of thioether (sulfide) groups is 1. The van der Waals surface area contributed by atoms with Gasteiger partial charge in [0.1, 0.15) is 5.52 Å². The first-order valence-electron chi connectivity index (χ1n) is 7.65. The smallest absolute Gasteiger partial charge is 0.257 e. The van der Waals surface area contributed by atoms with E-state index in [2.05, 4.69) is 9.97 Å². The molecule has 2 aromatic heterocycles. The molecule has 0 spiro atoms. The number of aromatic amines is 1. The summed E-state index contributed by atoms with van der Waals surface area (Å²) in [6, 6.07) is 7.48. The molecule has 0 bridgehead atoms. The maximum absolute atomic E-state index is 12.7. The SMILES string of the molecule is CC(=O)c1c(C)[nH]c(C(=O)C(C)Sc2nc3ccccc3o2)c1C. The van der Waals surface area contributed by atoms with E-state index in [1.165, 1.54) is 18.7 Å². The van der Waals surface area contributed by atoms with Gasteiger partial charge in [0.2, 0.25) is 0 Å². The summed E-state index contributed by atoms with van der Waals surface area (Å²) >= 11 is 1.27. The van der Waals surface area contributed by atoms with Crippen LogP contribution in [0.1, 0.15) is 46.0 Å². The standard InChI is InChI=1S/C18H18N2O3S/c1-9-15(11(3)21)10(2)19-16(9)17(22)12(4)24-18-20-13-7-5-6-8-14(13)23-18/h5-8,12,19H,1-4H3. The highest BCUT2D eigenvalue weighted by Gasteiger charge is 2.25. The fourth-order valence-corrected chi connectivity index (χ4v) is 3.65. The monoisotopic (exact) mass is 342 g/mol. The van der Waals surface area contributed by atoms with Crippen molar-refractivity contribution in [1.82, 2.24) is 9.97 Å². The number of aromatic nitrogens is 2. The Balaban J connectivity index is 1.84. The fraction of sp³-hybridized carbons (Fsp3) is 0.278. The highest BCUT2D eigenvalue weighted by molar-refractivity contribution is 8.00. The molecular weight excluding hydrogens is 324 g/mol. The minimum Gasteiger partial charge on any atom is -0.431 e. The molecule has 1 unspecified atom stereocenters. The molecule has 0 radical (unpaired) electrons. The lowest BCUT2D eigenvalue weighted by Gasteiger charge is -2.07. The Hall–Kier alpha value is -2.34. The summed E-state index contributed by atoms with van der Waals surface area (Å²) in [6.45, 7) is 6.92. The number of fused-ring (bicyclic) bond motifs is 1. The molecule has 5 nitrogen and oxygen atoms in total. The van der Waals surface area contributed by atoms with Gasteiger partial charge in [-0.1, -0.05) is 23.9 Å². The zero-order chi connectivity index (χ0) is 17.4. The van der Waals surface area contributed by atoms with Crippen molar-refractivity contribution < 1.29 is 14.0 Å². The largest absolute Gasteiger partial charge is 0.431 e. The van der Waals surface area contributed by atoms with Gasteiger partial charge in [-0.25, -0.2) is 4.98 Å². The number of carbonyl (C=O) groups is 2. The zero-order valence-electron chi connectivity index (χ0n) is 14.0. The number of hydrogen-bond donors (Lipinski definition) is 1. The Bertz CT molecular complexity index is 906. The molecule has 0 saturated heterocycles. The Morgan fingerprint density at radius 3 is 2.58 bits per heavy atom. The van der Waals surface area contributed by atoms with E-state index in [1.54, 1.807) is 13.8 Å². The molecule has 0 saturated carbocycles. The van der Waals surface area contributed by atoms with Crippen LogP contribution in [-0.2, 0) is 0 Å². The molecule has 1 atom stereocenters. The molecule has 0 fully saturated rings. The molecule has 0 aliphatic carbocycles. The van der Waals surface area contributed by atoms with Crippen LogP contribution >= 0.6 is 11.8 Å². The van der Waals surface area contributed by atoms with Gasteiger partial charge in [0.15, 0.2) is 17.1 Å². The van der Waals surface area contributed by atoms with Gasteiger partial charge in [-0.2, -0.15) is 0 Å². The van der Waals surface area contributed by atoms with Gasteiger partial charge < -0.3 is 9.40 Å². The number of hydrogen-bond acceptors (Lipinski definition) is 5. The molecule has 1 N–H and O–H groups in total. The number of Topliss-reactive ketones (excluding diaryl/α,β-unsaturated/α-hetero) is 2. The van der Waals surface area contributed by atoms with Crippen molar-refractivity contribution in [2.45, 2.75) is 38.2 Å². The van der Waals surface area contributed by atoms with Crippen LogP contribution in [0.4, 0.5) is 0 Å². The third-order valence-corrected chi connectivity index (χ3v) is 4.90. The van der Waals surface area contributed by atoms with Crippen LogP contribution in [0, 0.1) is 13.8 Å². The molecule has 3 rings (SSSR count). The third-order valence-electron chi connectivity index (χ3n) is 3.96. The topological polar surface area (TPSA) is 76.0 Å². The van der Waals surface area contributed by atoms with Crippen LogP contribution in [0.15, 0.2) is 33.9 Å². The van der Waals surface area contributed by atoms with Crippen molar-refractivity contribution in [3.63, 3.8) is 0 Å². The highest BCUT2D eigenvalue weighted by Crippen LogP contribution is 2.29. The number of ketones is 2. The Labute approximate surface area is 143 Å². The number of para-hydroxylation sites is 2. The molecule has 1 aromatic carbocycles. The summed E-state index contributed by atoms with van der Waals surface area (Å²) in [6.07, 6.45) is 0. The fourth-order valence-electron chi connectivity index (χ4n) is 2.83. The number of benzene rings is 1. The van der Waals surface area contributed by atoms with Crippen molar-refractivity contribution in [1.29, 1.82) is 0 Å². The lowest BCUT2D eigenvalue weighted by molar-refractivity contribution is 0.0988. The van der Waals surface area contributed by atoms with E-state index >= 15 is 0 Å². The molecular formula is C18H18N2O3S. The minimum absolute atomic E-state index is 0.0421. The van der Waals surface area contributed by atoms with Gasteiger partial charge in [0.05, 0.1) is 10.9 Å². The first kappa shape index (κ1) is 16.5. The molecule has 0 aliphatic rings. The van der Waals surface area contributed by atoms with Gasteiger partial charge in [-0.05, 0) is 45.4 Å². The summed E-state index contributed by atoms with van der Waals surface area (Å²) in [4.78, 5) is 31.9. The molecule has 0 amide bonds. The highest BCUT2D eigenvalue weighted by atomic mass is 32.2. The van der Waals surface area contributed by atoms with Gasteiger partial charge >= 0.3 is 0 Å². The van der Waals surface area contributed by atoms with Crippen molar-refractivity contribution in [3.8, 4) is 0 Å². The van der Waals surface area contributed by atoms with E-state index < -0.39 is 0 Å². The Kier molecular flexibility index (Phi) is 4.32. The van der Waals surface area contributed by atoms with Gasteiger partial charge in [0, 0.05) is 11.3 Å². The van der Waals surface area contributed by atoms with Gasteiger partial charge in [-0.15, -0.1) is 0 Å². The number of rotatable bonds is 5. The van der Waals surface area contributed by atoms with E-state index in [-0.39, 0.29) is 16.8 Å². The number of H-pyrrole nitrogens is 1. The van der Waals surface area contributed by atoms with Crippen molar-refractivity contribution in [3.05, 3.63) is 46.8 Å². The van der Waals surface area contributed by atoms with Crippen LogP contribution < -0.4 is 0 Å². The van der Waals surface area contributed by atoms with Crippen LogP contribution in [-0.4, -0.2) is 26.8 Å². The first-order chi connectivity index (χ1) is 11.4. The van der Waals surface area contributed by atoms with Crippen molar-refractivity contribution >= 4 is 34.4 Å². The van der Waals surface area contributed by atoms with E-state index in [4.69, 9.17) is 4.42 Å². The van der Waals surface area contributed by atoms with Crippen LogP contribution in [0.25, 0.3) is 11.1 Å². The molecule has 0 aliphatic heterocycles. The van der Waals surface area contributed by atoms with Crippen LogP contribution in [0.2, 0.25) is 0 Å². The zero-order valence-corrected chi connectivity index (χ0v) is 14.8. The molecule has 3 aromatic rings. The molecule has 2 heterocycles. The maximum atomic E-state index is 12.7. The maximum Gasteiger partial charge on any atom is 0.257 e. The summed E-state index contributed by atoms with van der Waals surface area (Å²) in [5, 5.41) is 0.0828. The molecule has 124 valence electrons. The number of carbonyl (C=O) groups excluding carboxylic acids is 2. The van der Waals surface area contributed by atoms with E-state index in [0.29, 0.717) is 27.6 Å². The lowest BCUT2D eigenvalue weighted by atomic mass is 10.0. The van der Waals surface area contributed by atoms with Crippen LogP contribution in [0.3, 0.4) is 0 Å². The summed E-state index contributed by atoms with van der Waals surface area (Å²) in [5.74, 6) is -0.116. The molecule has 24 heavy (non-hydrogen) atoms. The van der Waals surface area contributed by atoms with Gasteiger partial charge in [0.25, 0.3) is 5.22 Å². The van der Waals surface area contributed by atoms with Crippen molar-refractivity contribution in [2.75, 3.05) is 0 Å². The van der Waals surface area contributed by atoms with Gasteiger partial charge in [-0.3, -0.25) is 9.59 Å². The van der Waals surface area contributed by atoms with Crippen LogP contribution in [0.5, 0.6) is 0 Å². The van der Waals surface area contributed by atoms with E-state index in [0.717, 1.165) is 11.2 Å². The number of oxazole rings is 1. The first-order valence-corrected chi connectivity index (χ1v) is 8.53. The average Bonchev–Trinajstić information content (AvgIpc) is 3.06. The Morgan fingerprint density at radius 1 is 1.25 bits per heavy atom. The normalized spacial score (nSPS) is 12.5. The lowest BCUT2D eigenvalue weighted by Crippen LogP contribution is -2.15. The predicted octanol–water partition coefficient (Wildman–Crippen LogP) is 4.34. The average molecular weight is 342 g/mol. The second kappa shape index (κ2) is 6.28. The summed E-state index contributed by atoms with van der Waals surface area (Å²) < 4.78 is 5.66. The third kappa shape index (κ3) is 2.89. The summed E-state index contributed by atoms with van der Waals surface area (Å²) in [5.41, 5.74) is 3.97. The van der Waals surface area contributed by atoms with E-state index in [1.807, 2.05) is 31.2 Å². The summed E-state index contributed by atoms with van der Waals surface area (Å²) in [7, 11) is 0. The van der Waals surface area contributed by atoms with E-state index in [9.17, 15) is 9.59 Å². The predicted molar refractivity (Wildman–Crippen MR) is 93.9 cm³/mol. The Morgan fingerprint density at radius 2 is 1.96 bits per heavy atom. The minimum atomic E-state index is -0.380. The number of aryl methyl sites for hydroxylation is 1. The second-order valence-electron chi connectivity index (χ2n) is 5.75. The van der Waals surface area contributed by atoms with Crippen molar-refractivity contribution in [2.24, 2.45) is 0 Å². The number of nitrogens with zero attached hydrogens (tertiary/aromatic N) is 1. The quantitative estimate of drug-likeness (QED) is 0.551. The molecule has 6 heteroatoms.